The van der Waals surface area contributed by atoms with Crippen molar-refractivity contribution < 1.29 is 42.1 Å². The number of esters is 2. The number of phosphoric acid groups is 1. The van der Waals surface area contributed by atoms with E-state index < -0.39 is 32.5 Å². The van der Waals surface area contributed by atoms with Gasteiger partial charge in [0.2, 0.25) is 0 Å². The van der Waals surface area contributed by atoms with Gasteiger partial charge >= 0.3 is 11.9 Å². The smallest absolute Gasteiger partial charge is 0.306 e. The topological polar surface area (TPSA) is 111 Å². The van der Waals surface area contributed by atoms with Crippen molar-refractivity contribution in [3.8, 4) is 0 Å². The van der Waals surface area contributed by atoms with Crippen LogP contribution in [0.2, 0.25) is 0 Å². The molecule has 0 fully saturated rings. The number of ether oxygens (including phenoxy) is 2. The fourth-order valence-corrected chi connectivity index (χ4v) is 6.11. The lowest BCUT2D eigenvalue weighted by Gasteiger charge is -2.28. The molecule has 322 valence electrons. The van der Waals surface area contributed by atoms with Crippen LogP contribution < -0.4 is 4.89 Å². The zero-order valence-corrected chi connectivity index (χ0v) is 36.9. The molecule has 0 aliphatic heterocycles. The maximum absolute atomic E-state index is 12.6. The molecule has 0 saturated heterocycles. The largest absolute Gasteiger partial charge is 0.756 e. The highest BCUT2D eigenvalue weighted by Gasteiger charge is 2.21. The normalized spacial score (nSPS) is 14.3. The summed E-state index contributed by atoms with van der Waals surface area (Å²) in [5, 5.41) is 0. The Morgan fingerprint density at radius 1 is 0.571 bits per heavy atom. The maximum atomic E-state index is 12.6. The van der Waals surface area contributed by atoms with Gasteiger partial charge in [-0.15, -0.1) is 0 Å². The van der Waals surface area contributed by atoms with Crippen molar-refractivity contribution in [1.29, 1.82) is 0 Å². The van der Waals surface area contributed by atoms with E-state index in [-0.39, 0.29) is 26.1 Å². The molecule has 0 rings (SSSR count). The molecule has 0 saturated carbocycles. The fourth-order valence-electron chi connectivity index (χ4n) is 5.39. The van der Waals surface area contributed by atoms with Crippen molar-refractivity contribution in [2.75, 3.05) is 47.5 Å². The minimum Gasteiger partial charge on any atom is -0.756 e. The molecule has 0 bridgehead atoms. The van der Waals surface area contributed by atoms with Gasteiger partial charge in [-0.3, -0.25) is 14.2 Å². The van der Waals surface area contributed by atoms with Crippen molar-refractivity contribution in [3.05, 3.63) is 72.9 Å². The number of hydrogen-bond acceptors (Lipinski definition) is 8. The Hall–Kier alpha value is -2.55. The molecule has 0 N–H and O–H groups in total. The average molecular weight is 806 g/mol. The number of likely N-dealkylation sites (N-methyl/N-ethyl adjacent to an activating group) is 1. The molecule has 0 aliphatic rings. The van der Waals surface area contributed by atoms with Crippen LogP contribution >= 0.6 is 7.82 Å². The Bertz CT molecular complexity index is 1180. The summed E-state index contributed by atoms with van der Waals surface area (Å²) in [7, 11) is 1.12. The van der Waals surface area contributed by atoms with Crippen LogP contribution in [-0.4, -0.2) is 70.0 Å². The van der Waals surface area contributed by atoms with Gasteiger partial charge in [0.15, 0.2) is 6.10 Å². The van der Waals surface area contributed by atoms with E-state index in [1.54, 1.807) is 0 Å². The summed E-state index contributed by atoms with van der Waals surface area (Å²) < 4.78 is 33.8. The van der Waals surface area contributed by atoms with Gasteiger partial charge < -0.3 is 27.9 Å². The molecule has 0 aromatic carbocycles. The van der Waals surface area contributed by atoms with E-state index in [2.05, 4.69) is 74.6 Å². The number of hydrogen-bond donors (Lipinski definition) is 0. The van der Waals surface area contributed by atoms with Crippen molar-refractivity contribution in [3.63, 3.8) is 0 Å². The van der Waals surface area contributed by atoms with Crippen LogP contribution in [0.3, 0.4) is 0 Å². The van der Waals surface area contributed by atoms with Crippen molar-refractivity contribution in [2.45, 2.75) is 161 Å². The summed E-state index contributed by atoms with van der Waals surface area (Å²) in [6.45, 7) is 4.01. The van der Waals surface area contributed by atoms with Crippen LogP contribution in [0.1, 0.15) is 155 Å². The lowest BCUT2D eigenvalue weighted by atomic mass is 10.0. The maximum Gasteiger partial charge on any atom is 0.306 e. The predicted octanol–water partition coefficient (Wildman–Crippen LogP) is 11.6. The molecule has 9 nitrogen and oxygen atoms in total. The molecule has 1 unspecified atom stereocenters. The van der Waals surface area contributed by atoms with E-state index in [0.29, 0.717) is 23.9 Å². The highest BCUT2D eigenvalue weighted by molar-refractivity contribution is 7.45. The number of phosphoric ester groups is 1. The Morgan fingerprint density at radius 2 is 1.02 bits per heavy atom. The van der Waals surface area contributed by atoms with Crippen LogP contribution in [0.15, 0.2) is 72.9 Å². The first-order valence-corrected chi connectivity index (χ1v) is 23.1. The summed E-state index contributed by atoms with van der Waals surface area (Å²) >= 11 is 0. The van der Waals surface area contributed by atoms with Gasteiger partial charge in [0.25, 0.3) is 7.82 Å². The minimum atomic E-state index is -4.64. The van der Waals surface area contributed by atoms with Crippen molar-refractivity contribution in [2.24, 2.45) is 0 Å². The standard InChI is InChI=1S/C46H80NO8P/c1-6-8-10-12-14-16-18-20-21-22-23-24-25-27-28-30-32-34-36-38-45(48)52-42-44(43-54-56(50,51)53-41-40-47(3,4)5)55-46(49)39-37-35-33-31-29-26-19-17-15-13-11-9-7-2/h8,10,14,16,20-21,23-24,27-28,32,34,44H,6-7,9,11-13,15,17-19,22,25-26,29-31,33,35-43H2,1-5H3/b10-8-,16-14-,21-20-,24-23-,28-27-,34-32-/t44-/m1/s1. The van der Waals surface area contributed by atoms with E-state index >= 15 is 0 Å². The number of carbonyl (C=O) groups is 2. The average Bonchev–Trinajstić information content (AvgIpc) is 3.15. The summed E-state index contributed by atoms with van der Waals surface area (Å²) in [5.41, 5.74) is 0. The molecule has 0 aromatic heterocycles. The second-order valence-corrected chi connectivity index (χ2v) is 16.7. The molecular formula is C46H80NO8P. The number of quaternary nitrogens is 1. The Labute approximate surface area is 342 Å². The minimum absolute atomic E-state index is 0.0443. The van der Waals surface area contributed by atoms with Gasteiger partial charge in [0.05, 0.1) is 27.7 Å². The van der Waals surface area contributed by atoms with Gasteiger partial charge in [-0.25, -0.2) is 0 Å². The quantitative estimate of drug-likeness (QED) is 0.0199. The summed E-state index contributed by atoms with van der Waals surface area (Å²) in [6.07, 6.45) is 46.6. The first kappa shape index (κ1) is 53.5. The highest BCUT2D eigenvalue weighted by Crippen LogP contribution is 2.38. The first-order valence-electron chi connectivity index (χ1n) is 21.6. The zero-order chi connectivity index (χ0) is 41.4. The summed E-state index contributed by atoms with van der Waals surface area (Å²) in [6, 6.07) is 0. The van der Waals surface area contributed by atoms with Gasteiger partial charge in [0.1, 0.15) is 19.8 Å². The van der Waals surface area contributed by atoms with E-state index in [9.17, 15) is 19.0 Å². The third-order valence-electron chi connectivity index (χ3n) is 8.75. The second kappa shape index (κ2) is 38.0. The van der Waals surface area contributed by atoms with Gasteiger partial charge in [-0.2, -0.15) is 0 Å². The molecular weight excluding hydrogens is 725 g/mol. The molecule has 10 heteroatoms. The number of rotatable bonds is 38. The summed E-state index contributed by atoms with van der Waals surface area (Å²) in [5.74, 6) is -0.936. The Balaban J connectivity index is 4.49. The third kappa shape index (κ3) is 41.1. The zero-order valence-electron chi connectivity index (χ0n) is 36.1. The van der Waals surface area contributed by atoms with Crippen molar-refractivity contribution in [1.82, 2.24) is 0 Å². The molecule has 0 amide bonds. The highest BCUT2D eigenvalue weighted by atomic mass is 31.2. The molecule has 56 heavy (non-hydrogen) atoms. The molecule has 0 aromatic rings. The van der Waals surface area contributed by atoms with E-state index in [1.165, 1.54) is 57.8 Å². The second-order valence-electron chi connectivity index (χ2n) is 15.3. The molecule has 2 atom stereocenters. The lowest BCUT2D eigenvalue weighted by molar-refractivity contribution is -0.870. The third-order valence-corrected chi connectivity index (χ3v) is 9.72. The van der Waals surface area contributed by atoms with E-state index in [1.807, 2.05) is 33.3 Å². The SMILES string of the molecule is CC/C=C\C/C=C\C/C=C\C/C=C\C/C=C\C/C=C\CCC(=O)OC[C@H](COP(=O)([O-])OCC[N+](C)(C)C)OC(=O)CCCCCCCCCCCCCCC. The number of carbonyl (C=O) groups excluding carboxylic acids is 2. The Morgan fingerprint density at radius 3 is 1.48 bits per heavy atom. The van der Waals surface area contributed by atoms with Gasteiger partial charge in [-0.05, 0) is 51.4 Å². The molecule has 0 aliphatic carbocycles. The first-order chi connectivity index (χ1) is 27.0. The van der Waals surface area contributed by atoms with Gasteiger partial charge in [0, 0.05) is 12.8 Å². The van der Waals surface area contributed by atoms with Crippen LogP contribution in [-0.2, 0) is 32.7 Å². The molecule has 0 radical (unpaired) electrons. The Kier molecular flexibility index (Phi) is 36.3. The van der Waals surface area contributed by atoms with Crippen LogP contribution in [0, 0.1) is 0 Å². The lowest BCUT2D eigenvalue weighted by Crippen LogP contribution is -2.37. The van der Waals surface area contributed by atoms with E-state index in [4.69, 9.17) is 18.5 Å². The monoisotopic (exact) mass is 806 g/mol. The number of allylic oxidation sites excluding steroid dienone is 12. The predicted molar refractivity (Wildman–Crippen MR) is 231 cm³/mol. The van der Waals surface area contributed by atoms with Gasteiger partial charge in [-0.1, -0.05) is 164 Å². The number of nitrogens with zero attached hydrogens (tertiary/aromatic N) is 1. The van der Waals surface area contributed by atoms with Crippen LogP contribution in [0.4, 0.5) is 0 Å². The summed E-state index contributed by atoms with van der Waals surface area (Å²) in [4.78, 5) is 37.4. The van der Waals surface area contributed by atoms with Crippen LogP contribution in [0.5, 0.6) is 0 Å². The fraction of sp³-hybridized carbons (Fsp3) is 0.696. The molecule has 0 heterocycles. The number of unbranched alkanes of at least 4 members (excludes halogenated alkanes) is 12. The van der Waals surface area contributed by atoms with Crippen molar-refractivity contribution >= 4 is 19.8 Å². The van der Waals surface area contributed by atoms with E-state index in [0.717, 1.165) is 57.8 Å². The molecule has 0 spiro atoms. The van der Waals surface area contributed by atoms with Crippen LogP contribution in [0.25, 0.3) is 0 Å².